The van der Waals surface area contributed by atoms with Crippen LogP contribution in [0, 0.1) is 0 Å². The van der Waals surface area contributed by atoms with Crippen molar-refractivity contribution >= 4 is 54.0 Å². The largest absolute Gasteiger partial charge is 0.496 e. The van der Waals surface area contributed by atoms with Crippen molar-refractivity contribution in [2.45, 2.75) is 4.90 Å². The molecule has 0 heterocycles. The molecule has 0 aliphatic rings. The van der Waals surface area contributed by atoms with Gasteiger partial charge in [0.05, 0.1) is 24.8 Å². The predicted molar refractivity (Wildman–Crippen MR) is 110 cm³/mol. The number of nitrogens with one attached hydrogen (secondary N) is 1. The molecule has 0 fully saturated rings. The van der Waals surface area contributed by atoms with E-state index in [0.717, 1.165) is 13.3 Å². The Morgan fingerprint density at radius 2 is 1.81 bits per heavy atom. The molecule has 2 rings (SSSR count). The topological polar surface area (TPSA) is 88.1 Å². The summed E-state index contributed by atoms with van der Waals surface area (Å²) < 4.78 is 32.7. The predicted octanol–water partition coefficient (Wildman–Crippen LogP) is 2.99. The Balaban J connectivity index is 2.01. The van der Waals surface area contributed by atoms with E-state index in [-0.39, 0.29) is 11.4 Å². The first-order valence-electron chi connectivity index (χ1n) is 7.61. The fourth-order valence-corrected chi connectivity index (χ4v) is 3.86. The summed E-state index contributed by atoms with van der Waals surface area (Å²) in [5.41, 5.74) is 2.97. The molecule has 1 N–H and O–H groups in total. The molecule has 0 saturated heterocycles. The molecule has 0 aromatic heterocycles. The Bertz CT molecular complexity index is 947. The van der Waals surface area contributed by atoms with Crippen molar-refractivity contribution in [3.63, 3.8) is 0 Å². The molecule has 2 aromatic rings. The maximum Gasteiger partial charge on any atom is 0.255 e. The van der Waals surface area contributed by atoms with Gasteiger partial charge in [-0.25, -0.2) is 13.8 Å². The van der Waals surface area contributed by atoms with Gasteiger partial charge >= 0.3 is 0 Å². The Morgan fingerprint density at radius 3 is 2.44 bits per heavy atom. The summed E-state index contributed by atoms with van der Waals surface area (Å²) >= 11 is 6.60. The van der Waals surface area contributed by atoms with Crippen molar-refractivity contribution in [2.24, 2.45) is 5.10 Å². The van der Waals surface area contributed by atoms with Gasteiger partial charge in [-0.15, -0.1) is 0 Å². The van der Waals surface area contributed by atoms with E-state index in [0.29, 0.717) is 11.3 Å². The number of rotatable bonds is 7. The van der Waals surface area contributed by atoms with E-state index in [1.54, 1.807) is 24.3 Å². The average Bonchev–Trinajstić information content (AvgIpc) is 2.62. The summed E-state index contributed by atoms with van der Waals surface area (Å²) in [7, 11) is -0.910. The zero-order chi connectivity index (χ0) is 20.0. The second-order valence-corrected chi connectivity index (χ2v) is 9.27. The highest BCUT2D eigenvalue weighted by Gasteiger charge is 2.22. The van der Waals surface area contributed by atoms with E-state index in [1.807, 2.05) is 6.07 Å². The van der Waals surface area contributed by atoms with E-state index < -0.39 is 15.9 Å². The molecule has 0 atom stereocenters. The van der Waals surface area contributed by atoms with Gasteiger partial charge in [0.1, 0.15) is 5.75 Å². The molecule has 0 aliphatic carbocycles. The fraction of sp³-hybridized carbons (Fsp3) is 0.176. The van der Waals surface area contributed by atoms with E-state index in [9.17, 15) is 13.2 Å². The number of hydrogen-bond donors (Lipinski definition) is 1. The maximum atomic E-state index is 12.5. The lowest BCUT2D eigenvalue weighted by atomic mass is 10.2. The van der Waals surface area contributed by atoms with Gasteiger partial charge in [-0.2, -0.15) is 9.41 Å². The van der Waals surface area contributed by atoms with E-state index >= 15 is 0 Å². The molecule has 27 heavy (non-hydrogen) atoms. The van der Waals surface area contributed by atoms with Gasteiger partial charge < -0.3 is 4.74 Å². The zero-order valence-electron chi connectivity index (χ0n) is 14.5. The van der Waals surface area contributed by atoms with Gasteiger partial charge in [-0.1, -0.05) is 31.9 Å². The van der Waals surface area contributed by atoms with Gasteiger partial charge in [-0.05, 0) is 42.5 Å². The molecule has 0 aliphatic heterocycles. The van der Waals surface area contributed by atoms with Crippen LogP contribution in [0.4, 0.5) is 0 Å². The lowest BCUT2D eigenvalue weighted by molar-refractivity contribution is -0.121. The first-order valence-corrected chi connectivity index (χ1v) is 10.6. The van der Waals surface area contributed by atoms with Crippen molar-refractivity contribution in [2.75, 3.05) is 20.7 Å². The third-order valence-corrected chi connectivity index (χ3v) is 6.31. The van der Waals surface area contributed by atoms with Gasteiger partial charge in [0.2, 0.25) is 10.0 Å². The van der Waals surface area contributed by atoms with Crippen LogP contribution in [-0.2, 0) is 14.8 Å². The standard InChI is InChI=1S/C17H17Br2N3O4S/c1-22(27(24,25)15-6-3-13(18)4-7-15)11-17(23)21-20-10-12-9-14(19)5-8-16(12)26-2/h3-10H,11H2,1-2H3,(H,21,23)/b20-10-. The van der Waals surface area contributed by atoms with Crippen molar-refractivity contribution in [1.82, 2.24) is 9.73 Å². The minimum absolute atomic E-state index is 0.100. The number of halogens is 2. The Kier molecular flexibility index (Phi) is 7.54. The molecule has 1 amide bonds. The van der Waals surface area contributed by atoms with Crippen LogP contribution in [0.3, 0.4) is 0 Å². The van der Waals surface area contributed by atoms with Crippen molar-refractivity contribution in [3.8, 4) is 5.75 Å². The monoisotopic (exact) mass is 517 g/mol. The van der Waals surface area contributed by atoms with E-state index in [1.165, 1.54) is 32.5 Å². The van der Waals surface area contributed by atoms with Gasteiger partial charge in [0, 0.05) is 21.6 Å². The molecule has 0 unspecified atom stereocenters. The van der Waals surface area contributed by atoms with Crippen LogP contribution in [-0.4, -0.2) is 45.5 Å². The molecule has 144 valence electrons. The number of sulfonamides is 1. The third kappa shape index (κ3) is 5.86. The van der Waals surface area contributed by atoms with Crippen LogP contribution in [0.15, 0.2) is 61.4 Å². The normalized spacial score (nSPS) is 11.7. The first-order chi connectivity index (χ1) is 12.7. The average molecular weight is 519 g/mol. The molecule has 7 nitrogen and oxygen atoms in total. The molecule has 0 bridgehead atoms. The number of hydrazone groups is 1. The minimum Gasteiger partial charge on any atom is -0.496 e. The Morgan fingerprint density at radius 1 is 1.19 bits per heavy atom. The highest BCUT2D eigenvalue weighted by atomic mass is 79.9. The highest BCUT2D eigenvalue weighted by Crippen LogP contribution is 2.21. The van der Waals surface area contributed by atoms with Crippen molar-refractivity contribution < 1.29 is 17.9 Å². The van der Waals surface area contributed by atoms with E-state index in [4.69, 9.17) is 4.74 Å². The Hall–Kier alpha value is -1.75. The number of ether oxygens (including phenoxy) is 1. The first kappa shape index (κ1) is 21.5. The minimum atomic E-state index is -3.77. The summed E-state index contributed by atoms with van der Waals surface area (Å²) in [4.78, 5) is 12.1. The smallest absolute Gasteiger partial charge is 0.255 e. The molecule has 10 heteroatoms. The maximum absolute atomic E-state index is 12.5. The summed E-state index contributed by atoms with van der Waals surface area (Å²) in [5, 5.41) is 3.86. The van der Waals surface area contributed by atoms with Crippen LogP contribution in [0.2, 0.25) is 0 Å². The lowest BCUT2D eigenvalue weighted by Crippen LogP contribution is -2.36. The fourth-order valence-electron chi connectivity index (χ4n) is 2.09. The van der Waals surface area contributed by atoms with Crippen LogP contribution in [0.5, 0.6) is 5.75 Å². The van der Waals surface area contributed by atoms with Gasteiger partial charge in [0.15, 0.2) is 0 Å². The zero-order valence-corrected chi connectivity index (χ0v) is 18.5. The number of likely N-dealkylation sites (N-methyl/N-ethyl adjacent to an activating group) is 1. The number of carbonyl (C=O) groups is 1. The molecule has 0 spiro atoms. The van der Waals surface area contributed by atoms with Crippen LogP contribution in [0.25, 0.3) is 0 Å². The van der Waals surface area contributed by atoms with Crippen LogP contribution in [0.1, 0.15) is 5.56 Å². The summed E-state index contributed by atoms with van der Waals surface area (Å²) in [5.74, 6) is 0.0227. The highest BCUT2D eigenvalue weighted by molar-refractivity contribution is 9.10. The van der Waals surface area contributed by atoms with Gasteiger partial charge in [-0.3, -0.25) is 4.79 Å². The van der Waals surface area contributed by atoms with Crippen molar-refractivity contribution in [3.05, 3.63) is 57.0 Å². The second-order valence-electron chi connectivity index (χ2n) is 5.39. The second kappa shape index (κ2) is 9.45. The van der Waals surface area contributed by atoms with Crippen LogP contribution < -0.4 is 10.2 Å². The molecule has 0 saturated carbocycles. The molecular formula is C17H17Br2N3O4S. The molecular weight excluding hydrogens is 502 g/mol. The van der Waals surface area contributed by atoms with E-state index in [2.05, 4.69) is 42.4 Å². The summed E-state index contributed by atoms with van der Waals surface area (Å²) in [6, 6.07) is 11.5. The number of methoxy groups -OCH3 is 1. The molecule has 0 radical (unpaired) electrons. The number of hydrogen-bond acceptors (Lipinski definition) is 5. The number of carbonyl (C=O) groups excluding carboxylic acids is 1. The SMILES string of the molecule is COc1ccc(Br)cc1/C=N\NC(=O)CN(C)S(=O)(=O)c1ccc(Br)cc1. The summed E-state index contributed by atoms with van der Waals surface area (Å²) in [6.45, 7) is -0.370. The van der Waals surface area contributed by atoms with Gasteiger partial charge in [0.25, 0.3) is 5.91 Å². The number of nitrogens with zero attached hydrogens (tertiary/aromatic N) is 2. The quantitative estimate of drug-likeness (QED) is 0.451. The molecule has 2 aromatic carbocycles. The summed E-state index contributed by atoms with van der Waals surface area (Å²) in [6.07, 6.45) is 1.42. The number of benzene rings is 2. The lowest BCUT2D eigenvalue weighted by Gasteiger charge is -2.16. The number of amides is 1. The Labute approximate surface area is 174 Å². The third-order valence-electron chi connectivity index (χ3n) is 3.47. The van der Waals surface area contributed by atoms with Crippen LogP contribution >= 0.6 is 31.9 Å². The van der Waals surface area contributed by atoms with Crippen molar-refractivity contribution in [1.29, 1.82) is 0 Å².